The highest BCUT2D eigenvalue weighted by Gasteiger charge is 2.70. The molecule has 2 saturated heterocycles. The Kier molecular flexibility index (Phi) is 8.63. The van der Waals surface area contributed by atoms with Crippen LogP contribution in [0.4, 0.5) is 0 Å². The maximum atomic E-state index is 14.1. The van der Waals surface area contributed by atoms with Crippen molar-refractivity contribution in [1.29, 1.82) is 0 Å². The number of unbranched alkanes of at least 4 members (excludes halogenated alkanes) is 4. The summed E-state index contributed by atoms with van der Waals surface area (Å²) in [6, 6.07) is -0.564. The predicted molar refractivity (Wildman–Crippen MR) is 139 cm³/mol. The van der Waals surface area contributed by atoms with E-state index in [1.165, 1.54) is 0 Å². The van der Waals surface area contributed by atoms with Gasteiger partial charge in [0.1, 0.15) is 6.04 Å². The fourth-order valence-corrected chi connectivity index (χ4v) is 8.25. The highest BCUT2D eigenvalue weighted by molar-refractivity contribution is 8.02. The summed E-state index contributed by atoms with van der Waals surface area (Å²) in [4.78, 5) is 47.5. The predicted octanol–water partition coefficient (Wildman–Crippen LogP) is 2.84. The average molecular weight is 504 g/mol. The molecule has 0 saturated carbocycles. The zero-order valence-corrected chi connectivity index (χ0v) is 22.0. The second-order valence-electron chi connectivity index (χ2n) is 10.3. The van der Waals surface area contributed by atoms with E-state index in [1.54, 1.807) is 11.8 Å². The first kappa shape index (κ1) is 26.3. The number of hydrogen-bond acceptors (Lipinski definition) is 5. The van der Waals surface area contributed by atoms with Crippen LogP contribution >= 0.6 is 11.8 Å². The fourth-order valence-electron chi connectivity index (χ4n) is 6.24. The van der Waals surface area contributed by atoms with Gasteiger partial charge in [-0.3, -0.25) is 14.4 Å². The van der Waals surface area contributed by atoms with Crippen molar-refractivity contribution in [1.82, 2.24) is 14.7 Å². The Balaban J connectivity index is 1.68. The molecule has 4 heterocycles. The maximum Gasteiger partial charge on any atom is 0.247 e. The van der Waals surface area contributed by atoms with Crippen LogP contribution in [0.1, 0.15) is 58.8 Å². The van der Waals surface area contributed by atoms with Crippen LogP contribution in [-0.2, 0) is 14.4 Å². The van der Waals surface area contributed by atoms with Gasteiger partial charge >= 0.3 is 0 Å². The summed E-state index contributed by atoms with van der Waals surface area (Å²) in [6.45, 7) is 7.41. The summed E-state index contributed by atoms with van der Waals surface area (Å²) in [5.41, 5.74) is 0. The van der Waals surface area contributed by atoms with Gasteiger partial charge in [0.15, 0.2) is 0 Å². The molecule has 5 atom stereocenters. The first-order valence-electron chi connectivity index (χ1n) is 13.5. The van der Waals surface area contributed by atoms with Crippen LogP contribution in [0.5, 0.6) is 0 Å². The standard InChI is InChI=1S/C27H41N3O4S/c1-3-5-15-29-17-11-13-27-22(21-20(35-27)12-10-16-28(14-4-2)24(21)32)25(33)30(23(27)26(29)34)18-8-6-7-9-19-31/h10-13,20-23,31H,3-9,14-19H2,1-2H3/t20-,21+,22+,23?,27+/m1/s1. The Morgan fingerprint density at radius 2 is 1.63 bits per heavy atom. The second kappa shape index (κ2) is 11.5. The Hall–Kier alpha value is -1.80. The van der Waals surface area contributed by atoms with Crippen LogP contribution in [-0.4, -0.2) is 92.9 Å². The highest BCUT2D eigenvalue weighted by atomic mass is 32.2. The number of amides is 3. The van der Waals surface area contributed by atoms with Crippen LogP contribution in [0, 0.1) is 11.8 Å². The molecular weight excluding hydrogens is 462 g/mol. The van der Waals surface area contributed by atoms with E-state index in [2.05, 4.69) is 38.2 Å². The number of aliphatic hydroxyl groups is 1. The van der Waals surface area contributed by atoms with Gasteiger partial charge in [-0.2, -0.15) is 0 Å². The lowest BCUT2D eigenvalue weighted by Crippen LogP contribution is -2.53. The summed E-state index contributed by atoms with van der Waals surface area (Å²) >= 11 is 1.67. The van der Waals surface area contributed by atoms with E-state index in [0.717, 1.165) is 44.9 Å². The van der Waals surface area contributed by atoms with Gasteiger partial charge in [-0.15, -0.1) is 11.8 Å². The molecule has 35 heavy (non-hydrogen) atoms. The van der Waals surface area contributed by atoms with Gasteiger partial charge in [0.25, 0.3) is 0 Å². The lowest BCUT2D eigenvalue weighted by atomic mass is 9.78. The number of hydrogen-bond donors (Lipinski definition) is 1. The molecule has 4 aliphatic rings. The van der Waals surface area contributed by atoms with Crippen molar-refractivity contribution < 1.29 is 19.5 Å². The topological polar surface area (TPSA) is 81.2 Å². The molecule has 0 aromatic carbocycles. The van der Waals surface area contributed by atoms with E-state index in [4.69, 9.17) is 5.11 Å². The number of likely N-dealkylation sites (tertiary alicyclic amines) is 1. The van der Waals surface area contributed by atoms with Crippen molar-refractivity contribution in [3.05, 3.63) is 24.3 Å². The molecule has 0 aliphatic carbocycles. The van der Waals surface area contributed by atoms with E-state index >= 15 is 0 Å². The summed E-state index contributed by atoms with van der Waals surface area (Å²) in [6.07, 6.45) is 14.5. The lowest BCUT2D eigenvalue weighted by molar-refractivity contribution is -0.144. The molecule has 4 aliphatic heterocycles. The van der Waals surface area contributed by atoms with Gasteiger partial charge in [-0.1, -0.05) is 57.4 Å². The maximum absolute atomic E-state index is 14.1. The molecule has 7 nitrogen and oxygen atoms in total. The van der Waals surface area contributed by atoms with Crippen molar-refractivity contribution in [2.45, 2.75) is 74.8 Å². The fraction of sp³-hybridized carbons (Fsp3) is 0.741. The number of aliphatic hydroxyl groups excluding tert-OH is 1. The Morgan fingerprint density at radius 1 is 0.886 bits per heavy atom. The number of thioether (sulfide) groups is 1. The zero-order valence-electron chi connectivity index (χ0n) is 21.2. The molecule has 4 rings (SSSR count). The van der Waals surface area contributed by atoms with Crippen molar-refractivity contribution >= 4 is 29.5 Å². The average Bonchev–Trinajstić information content (AvgIpc) is 3.16. The SMILES string of the molecule is CCCCN1CC=C[C@]23S[C@@H]4C=CCN(CCC)C(=O)[C@@H]4[C@H]2C(=O)N(CCCCCCO)C3C1=O. The van der Waals surface area contributed by atoms with Crippen molar-refractivity contribution in [3.63, 3.8) is 0 Å². The quantitative estimate of drug-likeness (QED) is 0.346. The molecule has 0 bridgehead atoms. The molecule has 1 unspecified atom stereocenters. The Morgan fingerprint density at radius 3 is 2.37 bits per heavy atom. The van der Waals surface area contributed by atoms with Gasteiger partial charge in [-0.05, 0) is 25.7 Å². The summed E-state index contributed by atoms with van der Waals surface area (Å²) < 4.78 is -0.704. The molecule has 1 N–H and O–H groups in total. The normalized spacial score (nSPS) is 32.1. The van der Waals surface area contributed by atoms with Gasteiger partial charge < -0.3 is 19.8 Å². The van der Waals surface area contributed by atoms with E-state index in [9.17, 15) is 14.4 Å². The van der Waals surface area contributed by atoms with E-state index < -0.39 is 22.6 Å². The van der Waals surface area contributed by atoms with Crippen LogP contribution < -0.4 is 0 Å². The molecule has 0 radical (unpaired) electrons. The number of rotatable bonds is 11. The highest BCUT2D eigenvalue weighted by Crippen LogP contribution is 2.61. The Bertz CT molecular complexity index is 861. The van der Waals surface area contributed by atoms with Gasteiger partial charge in [0.05, 0.1) is 16.6 Å². The van der Waals surface area contributed by atoms with Crippen LogP contribution in [0.2, 0.25) is 0 Å². The van der Waals surface area contributed by atoms with Gasteiger partial charge in [0, 0.05) is 44.6 Å². The smallest absolute Gasteiger partial charge is 0.247 e. The van der Waals surface area contributed by atoms with Gasteiger partial charge in [-0.25, -0.2) is 0 Å². The summed E-state index contributed by atoms with van der Waals surface area (Å²) in [5.74, 6) is -0.894. The van der Waals surface area contributed by atoms with E-state index in [-0.39, 0.29) is 29.6 Å². The number of carbonyl (C=O) groups excluding carboxylic acids is 3. The number of nitrogens with zero attached hydrogens (tertiary/aromatic N) is 3. The zero-order chi connectivity index (χ0) is 25.0. The van der Waals surface area contributed by atoms with Crippen LogP contribution in [0.15, 0.2) is 24.3 Å². The molecule has 1 spiro atoms. The van der Waals surface area contributed by atoms with Crippen molar-refractivity contribution in [3.8, 4) is 0 Å². The minimum atomic E-state index is -0.704. The lowest BCUT2D eigenvalue weighted by Gasteiger charge is -2.35. The third-order valence-corrected chi connectivity index (χ3v) is 9.65. The first-order valence-corrected chi connectivity index (χ1v) is 14.4. The number of fused-ring (bicyclic) bond motifs is 2. The molecular formula is C27H41N3O4S. The summed E-state index contributed by atoms with van der Waals surface area (Å²) in [7, 11) is 0. The molecule has 0 aromatic rings. The summed E-state index contributed by atoms with van der Waals surface area (Å²) in [5, 5.41) is 9.01. The molecule has 2 fully saturated rings. The third kappa shape index (κ3) is 4.80. The first-order chi connectivity index (χ1) is 17.0. The van der Waals surface area contributed by atoms with E-state index in [1.807, 2.05) is 14.7 Å². The minimum absolute atomic E-state index is 0.0282. The Labute approximate surface area is 214 Å². The van der Waals surface area contributed by atoms with Gasteiger partial charge in [0.2, 0.25) is 17.7 Å². The van der Waals surface area contributed by atoms with E-state index in [0.29, 0.717) is 32.7 Å². The van der Waals surface area contributed by atoms with Crippen molar-refractivity contribution in [2.75, 3.05) is 39.3 Å². The van der Waals surface area contributed by atoms with Crippen LogP contribution in [0.25, 0.3) is 0 Å². The molecule has 8 heteroatoms. The number of carbonyl (C=O) groups is 3. The van der Waals surface area contributed by atoms with Crippen molar-refractivity contribution in [2.24, 2.45) is 11.8 Å². The molecule has 0 aromatic heterocycles. The molecule has 3 amide bonds. The minimum Gasteiger partial charge on any atom is -0.396 e. The second-order valence-corrected chi connectivity index (χ2v) is 11.8. The monoisotopic (exact) mass is 503 g/mol. The molecule has 194 valence electrons. The third-order valence-electron chi connectivity index (χ3n) is 7.91. The largest absolute Gasteiger partial charge is 0.396 e. The van der Waals surface area contributed by atoms with Crippen LogP contribution in [0.3, 0.4) is 0 Å².